The average Bonchev–Trinajstić information content (AvgIpc) is 3.40. The topological polar surface area (TPSA) is 66.7 Å². The molecule has 3 aromatic rings. The van der Waals surface area contributed by atoms with E-state index in [4.69, 9.17) is 9.15 Å². The number of hydrogen-bond donors (Lipinski definition) is 2. The Hall–Kier alpha value is -2.82. The number of alkyl halides is 3. The molecule has 10 heteroatoms. The van der Waals surface area contributed by atoms with Gasteiger partial charge in [0.25, 0.3) is 0 Å². The lowest BCUT2D eigenvalue weighted by atomic mass is 10.0. The van der Waals surface area contributed by atoms with Crippen molar-refractivity contribution in [2.75, 3.05) is 26.2 Å². The van der Waals surface area contributed by atoms with Crippen LogP contribution in [-0.4, -0.2) is 49.1 Å². The number of furan rings is 1. The van der Waals surface area contributed by atoms with Crippen LogP contribution in [0.3, 0.4) is 0 Å². The van der Waals surface area contributed by atoms with Crippen molar-refractivity contribution in [3.8, 4) is 17.1 Å². The van der Waals surface area contributed by atoms with Gasteiger partial charge in [0.05, 0.1) is 16.5 Å². The van der Waals surface area contributed by atoms with Gasteiger partial charge >= 0.3 is 6.18 Å². The first-order valence-electron chi connectivity index (χ1n) is 13.7. The summed E-state index contributed by atoms with van der Waals surface area (Å²) < 4.78 is 51.9. The molecular formula is C30H33BrF3N3O3. The third-order valence-corrected chi connectivity index (χ3v) is 8.03. The molecule has 2 fully saturated rings. The number of amides is 1. The minimum absolute atomic E-state index is 0.0407. The number of rotatable bonds is 8. The molecule has 2 saturated heterocycles. The van der Waals surface area contributed by atoms with Gasteiger partial charge in [0, 0.05) is 31.2 Å². The van der Waals surface area contributed by atoms with Crippen molar-refractivity contribution in [1.82, 2.24) is 15.5 Å². The first kappa shape index (κ1) is 28.7. The standard InChI is InChI=1S/C30H33BrF3N3O3/c31-26-16-20(4-6-28(26)39-24-8-12-35-13-9-24)19-37-14-10-23(11-15-37)36-29(38)18-25-5-7-27(40-25)21-2-1-3-22(17-21)30(32,33)34/h1-7,16-17,23-24,35H,8-15,18-19H2,(H,36,38). The normalized spacial score (nSPS) is 17.6. The van der Waals surface area contributed by atoms with Gasteiger partial charge in [0.15, 0.2) is 0 Å². The zero-order valence-electron chi connectivity index (χ0n) is 22.1. The Morgan fingerprint density at radius 3 is 2.55 bits per heavy atom. The van der Waals surface area contributed by atoms with E-state index in [1.54, 1.807) is 18.2 Å². The van der Waals surface area contributed by atoms with Crippen LogP contribution in [0.4, 0.5) is 13.2 Å². The molecule has 1 aromatic heterocycles. The predicted molar refractivity (Wildman–Crippen MR) is 150 cm³/mol. The summed E-state index contributed by atoms with van der Waals surface area (Å²) in [5.74, 6) is 1.45. The number of hydrogen-bond acceptors (Lipinski definition) is 5. The van der Waals surface area contributed by atoms with Crippen molar-refractivity contribution >= 4 is 21.8 Å². The second kappa shape index (κ2) is 12.8. The number of carbonyl (C=O) groups excluding carboxylic acids is 1. The van der Waals surface area contributed by atoms with Crippen molar-refractivity contribution in [3.63, 3.8) is 0 Å². The molecule has 3 heterocycles. The van der Waals surface area contributed by atoms with Crippen LogP contribution in [0.2, 0.25) is 0 Å². The second-order valence-electron chi connectivity index (χ2n) is 10.5. The molecule has 1 amide bonds. The van der Waals surface area contributed by atoms with Crippen LogP contribution >= 0.6 is 15.9 Å². The first-order valence-corrected chi connectivity index (χ1v) is 14.5. The van der Waals surface area contributed by atoms with Gasteiger partial charge in [0.2, 0.25) is 5.91 Å². The molecule has 0 atom stereocenters. The Balaban J connectivity index is 1.07. The minimum atomic E-state index is -4.43. The summed E-state index contributed by atoms with van der Waals surface area (Å²) in [6.45, 7) is 4.55. The summed E-state index contributed by atoms with van der Waals surface area (Å²) in [6, 6.07) is 14.6. The molecule has 0 radical (unpaired) electrons. The zero-order chi connectivity index (χ0) is 28.1. The lowest BCUT2D eigenvalue weighted by Gasteiger charge is -2.32. The molecule has 0 unspecified atom stereocenters. The summed E-state index contributed by atoms with van der Waals surface area (Å²) in [5.41, 5.74) is 0.796. The van der Waals surface area contributed by atoms with Crippen LogP contribution in [0, 0.1) is 0 Å². The van der Waals surface area contributed by atoms with E-state index in [0.29, 0.717) is 17.1 Å². The second-order valence-corrected chi connectivity index (χ2v) is 11.3. The summed E-state index contributed by atoms with van der Waals surface area (Å²) in [4.78, 5) is 15.0. The Kier molecular flexibility index (Phi) is 9.17. The maximum Gasteiger partial charge on any atom is 0.416 e. The number of nitrogens with zero attached hydrogens (tertiary/aromatic N) is 1. The van der Waals surface area contributed by atoms with Gasteiger partial charge in [-0.1, -0.05) is 18.2 Å². The summed E-state index contributed by atoms with van der Waals surface area (Å²) in [7, 11) is 0. The van der Waals surface area contributed by atoms with E-state index >= 15 is 0 Å². The third-order valence-electron chi connectivity index (χ3n) is 7.41. The van der Waals surface area contributed by atoms with Crippen LogP contribution in [-0.2, 0) is 23.9 Å². The summed E-state index contributed by atoms with van der Waals surface area (Å²) in [6.07, 6.45) is -0.412. The number of halogens is 4. The maximum absolute atomic E-state index is 13.0. The van der Waals surface area contributed by atoms with Crippen molar-refractivity contribution in [2.24, 2.45) is 0 Å². The number of nitrogens with one attached hydrogen (secondary N) is 2. The SMILES string of the molecule is O=C(Cc1ccc(-c2cccc(C(F)(F)F)c2)o1)NC1CCN(Cc2ccc(OC3CCNCC3)c(Br)c2)CC1. The van der Waals surface area contributed by atoms with Crippen LogP contribution in [0.15, 0.2) is 63.5 Å². The Bertz CT molecular complexity index is 1300. The molecule has 0 saturated carbocycles. The molecule has 2 aliphatic rings. The number of benzene rings is 2. The summed E-state index contributed by atoms with van der Waals surface area (Å²) in [5, 5.41) is 6.43. The molecule has 214 valence electrons. The van der Waals surface area contributed by atoms with Crippen LogP contribution in [0.1, 0.15) is 42.6 Å². The van der Waals surface area contributed by atoms with E-state index in [-0.39, 0.29) is 24.5 Å². The van der Waals surface area contributed by atoms with Crippen molar-refractivity contribution in [1.29, 1.82) is 0 Å². The van der Waals surface area contributed by atoms with E-state index < -0.39 is 11.7 Å². The van der Waals surface area contributed by atoms with E-state index in [1.165, 1.54) is 11.6 Å². The van der Waals surface area contributed by atoms with Gasteiger partial charge in [-0.2, -0.15) is 13.2 Å². The fraction of sp³-hybridized carbons (Fsp3) is 0.433. The van der Waals surface area contributed by atoms with Gasteiger partial charge in [-0.05, 0) is 96.7 Å². The van der Waals surface area contributed by atoms with Crippen LogP contribution < -0.4 is 15.4 Å². The molecule has 2 aromatic carbocycles. The molecule has 40 heavy (non-hydrogen) atoms. The highest BCUT2D eigenvalue weighted by Gasteiger charge is 2.30. The van der Waals surface area contributed by atoms with E-state index in [1.807, 2.05) is 6.07 Å². The molecule has 0 aliphatic carbocycles. The summed E-state index contributed by atoms with van der Waals surface area (Å²) >= 11 is 3.67. The van der Waals surface area contributed by atoms with Crippen LogP contribution in [0.25, 0.3) is 11.3 Å². The molecule has 0 bridgehead atoms. The lowest BCUT2D eigenvalue weighted by molar-refractivity contribution is -0.137. The predicted octanol–water partition coefficient (Wildman–Crippen LogP) is 6.18. The number of ether oxygens (including phenoxy) is 1. The van der Waals surface area contributed by atoms with Crippen molar-refractivity contribution < 1.29 is 27.1 Å². The fourth-order valence-corrected chi connectivity index (χ4v) is 5.76. The van der Waals surface area contributed by atoms with Gasteiger partial charge < -0.3 is 19.8 Å². The van der Waals surface area contributed by atoms with E-state index in [0.717, 1.165) is 80.8 Å². The van der Waals surface area contributed by atoms with E-state index in [2.05, 4.69) is 43.6 Å². The molecule has 5 rings (SSSR count). The monoisotopic (exact) mass is 619 g/mol. The molecule has 2 aliphatic heterocycles. The molecule has 2 N–H and O–H groups in total. The fourth-order valence-electron chi connectivity index (χ4n) is 5.24. The minimum Gasteiger partial charge on any atom is -0.489 e. The van der Waals surface area contributed by atoms with Gasteiger partial charge in [-0.3, -0.25) is 9.69 Å². The van der Waals surface area contributed by atoms with Crippen molar-refractivity contribution in [2.45, 2.75) is 57.0 Å². The van der Waals surface area contributed by atoms with E-state index in [9.17, 15) is 18.0 Å². The zero-order valence-corrected chi connectivity index (χ0v) is 23.7. The number of likely N-dealkylation sites (tertiary alicyclic amines) is 1. The lowest BCUT2D eigenvalue weighted by Crippen LogP contribution is -2.44. The highest BCUT2D eigenvalue weighted by molar-refractivity contribution is 9.10. The Morgan fingerprint density at radius 1 is 1.05 bits per heavy atom. The van der Waals surface area contributed by atoms with Gasteiger partial charge in [-0.25, -0.2) is 0 Å². The molecular weight excluding hydrogens is 587 g/mol. The quantitative estimate of drug-likeness (QED) is 0.315. The molecule has 6 nitrogen and oxygen atoms in total. The van der Waals surface area contributed by atoms with Gasteiger partial charge in [0.1, 0.15) is 23.4 Å². The maximum atomic E-state index is 13.0. The molecule has 0 spiro atoms. The third kappa shape index (κ3) is 7.67. The first-order chi connectivity index (χ1) is 19.2. The smallest absolute Gasteiger partial charge is 0.416 e. The highest BCUT2D eigenvalue weighted by atomic mass is 79.9. The average molecular weight is 621 g/mol. The Morgan fingerprint density at radius 2 is 1.82 bits per heavy atom. The number of carbonyl (C=O) groups is 1. The van der Waals surface area contributed by atoms with Crippen LogP contribution in [0.5, 0.6) is 5.75 Å². The number of piperidine rings is 2. The largest absolute Gasteiger partial charge is 0.489 e. The van der Waals surface area contributed by atoms with Crippen molar-refractivity contribution in [3.05, 3.63) is 76.0 Å². The highest BCUT2D eigenvalue weighted by Crippen LogP contribution is 2.33. The van der Waals surface area contributed by atoms with Gasteiger partial charge in [-0.15, -0.1) is 0 Å². The Labute approximate surface area is 240 Å².